The van der Waals surface area contributed by atoms with Crippen LogP contribution in [0, 0.1) is 12.8 Å². The fraction of sp³-hybridized carbons (Fsp3) is 0.500. The molecule has 1 aliphatic rings. The van der Waals surface area contributed by atoms with Gasteiger partial charge in [0, 0.05) is 13.1 Å². The maximum Gasteiger partial charge on any atom is 0.391 e. The molecule has 0 aliphatic carbocycles. The van der Waals surface area contributed by atoms with Crippen LogP contribution in [0.3, 0.4) is 0 Å². The number of aromatic carboxylic acids is 1. The van der Waals surface area contributed by atoms with Gasteiger partial charge < -0.3 is 10.0 Å². The van der Waals surface area contributed by atoms with E-state index >= 15 is 0 Å². The number of aryl methyl sites for hydroxylation is 1. The molecule has 2 rings (SSSR count). The molecule has 1 fully saturated rings. The van der Waals surface area contributed by atoms with Gasteiger partial charge in [0.05, 0.1) is 17.2 Å². The molecule has 1 aromatic carbocycles. The van der Waals surface area contributed by atoms with Crippen LogP contribution in [-0.2, 0) is 0 Å². The van der Waals surface area contributed by atoms with E-state index in [1.807, 2.05) is 0 Å². The molecule has 0 atom stereocenters. The third kappa shape index (κ3) is 2.89. The van der Waals surface area contributed by atoms with Crippen molar-refractivity contribution in [3.8, 4) is 0 Å². The molecule has 0 amide bonds. The smallest absolute Gasteiger partial charge is 0.391 e. The van der Waals surface area contributed by atoms with Crippen LogP contribution < -0.4 is 4.90 Å². The highest BCUT2D eigenvalue weighted by molar-refractivity contribution is 5.95. The Kier molecular flexibility index (Phi) is 3.92. The fourth-order valence-electron chi connectivity index (χ4n) is 2.68. The number of para-hydroxylation sites is 1. The zero-order valence-electron chi connectivity index (χ0n) is 11.1. The van der Waals surface area contributed by atoms with Crippen LogP contribution in [0.15, 0.2) is 18.2 Å². The Morgan fingerprint density at radius 1 is 1.30 bits per heavy atom. The Morgan fingerprint density at radius 3 is 2.40 bits per heavy atom. The van der Waals surface area contributed by atoms with Crippen LogP contribution in [0.1, 0.15) is 28.8 Å². The summed E-state index contributed by atoms with van der Waals surface area (Å²) in [6.45, 7) is 2.24. The number of carboxylic acid groups (broad SMARTS) is 1. The first kappa shape index (κ1) is 14.7. The SMILES string of the molecule is Cc1cccc(C(=O)O)c1N1CCC(C(F)(F)F)CC1. The van der Waals surface area contributed by atoms with Crippen molar-refractivity contribution in [2.75, 3.05) is 18.0 Å². The Labute approximate surface area is 115 Å². The molecule has 0 bridgehead atoms. The largest absolute Gasteiger partial charge is 0.478 e. The average Bonchev–Trinajstić information content (AvgIpc) is 2.37. The number of alkyl halides is 3. The first-order chi connectivity index (χ1) is 9.30. The Bertz CT molecular complexity index is 506. The van der Waals surface area contributed by atoms with E-state index in [0.717, 1.165) is 5.56 Å². The summed E-state index contributed by atoms with van der Waals surface area (Å²) in [7, 11) is 0. The summed E-state index contributed by atoms with van der Waals surface area (Å²) in [6.07, 6.45) is -4.14. The van der Waals surface area contributed by atoms with Gasteiger partial charge in [-0.2, -0.15) is 13.2 Å². The number of anilines is 1. The van der Waals surface area contributed by atoms with E-state index in [4.69, 9.17) is 0 Å². The molecule has 3 nitrogen and oxygen atoms in total. The van der Waals surface area contributed by atoms with E-state index in [0.29, 0.717) is 5.69 Å². The van der Waals surface area contributed by atoms with Gasteiger partial charge in [-0.3, -0.25) is 0 Å². The third-order valence-electron chi connectivity index (χ3n) is 3.74. The molecule has 1 aliphatic heterocycles. The van der Waals surface area contributed by atoms with Crippen molar-refractivity contribution in [3.63, 3.8) is 0 Å². The Balaban J connectivity index is 2.21. The topological polar surface area (TPSA) is 40.5 Å². The predicted molar refractivity (Wildman–Crippen MR) is 69.1 cm³/mol. The van der Waals surface area contributed by atoms with Crippen LogP contribution >= 0.6 is 0 Å². The van der Waals surface area contributed by atoms with Crippen LogP contribution in [0.25, 0.3) is 0 Å². The summed E-state index contributed by atoms with van der Waals surface area (Å²) < 4.78 is 37.9. The molecule has 0 spiro atoms. The van der Waals surface area contributed by atoms with Gasteiger partial charge >= 0.3 is 12.1 Å². The minimum atomic E-state index is -4.16. The normalized spacial score (nSPS) is 17.3. The summed E-state index contributed by atoms with van der Waals surface area (Å²) in [6, 6.07) is 4.91. The van der Waals surface area contributed by atoms with Crippen molar-refractivity contribution < 1.29 is 23.1 Å². The highest BCUT2D eigenvalue weighted by atomic mass is 19.4. The fourth-order valence-corrected chi connectivity index (χ4v) is 2.68. The number of carboxylic acids is 1. The lowest BCUT2D eigenvalue weighted by atomic mass is 9.94. The molecule has 1 saturated heterocycles. The van der Waals surface area contributed by atoms with Crippen molar-refractivity contribution >= 4 is 11.7 Å². The molecule has 1 heterocycles. The van der Waals surface area contributed by atoms with Gasteiger partial charge in [0.25, 0.3) is 0 Å². The van der Waals surface area contributed by atoms with Gasteiger partial charge in [0.2, 0.25) is 0 Å². The number of hydrogen-bond acceptors (Lipinski definition) is 2. The Hall–Kier alpha value is -1.72. The van der Waals surface area contributed by atoms with Crippen molar-refractivity contribution in [2.45, 2.75) is 25.9 Å². The van der Waals surface area contributed by atoms with Crippen molar-refractivity contribution in [1.29, 1.82) is 0 Å². The maximum atomic E-state index is 12.6. The molecular weight excluding hydrogens is 271 g/mol. The molecule has 0 unspecified atom stereocenters. The van der Waals surface area contributed by atoms with E-state index in [-0.39, 0.29) is 31.5 Å². The van der Waals surface area contributed by atoms with Gasteiger partial charge in [-0.15, -0.1) is 0 Å². The average molecular weight is 287 g/mol. The standard InChI is InChI=1S/C14H16F3NO2/c1-9-3-2-4-11(13(19)20)12(9)18-7-5-10(6-8-18)14(15,16)17/h2-4,10H,5-8H2,1H3,(H,19,20). The van der Waals surface area contributed by atoms with E-state index in [1.165, 1.54) is 6.07 Å². The zero-order valence-corrected chi connectivity index (χ0v) is 11.1. The van der Waals surface area contributed by atoms with Gasteiger partial charge in [-0.05, 0) is 31.4 Å². The van der Waals surface area contributed by atoms with Crippen LogP contribution in [0.4, 0.5) is 18.9 Å². The van der Waals surface area contributed by atoms with E-state index in [2.05, 4.69) is 0 Å². The van der Waals surface area contributed by atoms with Crippen LogP contribution in [0.5, 0.6) is 0 Å². The molecule has 0 saturated carbocycles. The van der Waals surface area contributed by atoms with Crippen molar-refractivity contribution in [3.05, 3.63) is 29.3 Å². The lowest BCUT2D eigenvalue weighted by Crippen LogP contribution is -2.39. The molecule has 6 heteroatoms. The third-order valence-corrected chi connectivity index (χ3v) is 3.74. The zero-order chi connectivity index (χ0) is 14.9. The van der Waals surface area contributed by atoms with Gasteiger partial charge in [0.1, 0.15) is 0 Å². The molecule has 1 aromatic rings. The molecule has 1 N–H and O–H groups in total. The number of benzene rings is 1. The minimum Gasteiger partial charge on any atom is -0.478 e. The highest BCUT2D eigenvalue weighted by Gasteiger charge is 2.41. The van der Waals surface area contributed by atoms with Crippen molar-refractivity contribution in [2.24, 2.45) is 5.92 Å². The summed E-state index contributed by atoms with van der Waals surface area (Å²) >= 11 is 0. The second-order valence-electron chi connectivity index (χ2n) is 5.08. The minimum absolute atomic E-state index is 0.0108. The quantitative estimate of drug-likeness (QED) is 0.905. The summed E-state index contributed by atoms with van der Waals surface area (Å²) in [5, 5.41) is 9.20. The summed E-state index contributed by atoms with van der Waals surface area (Å²) in [5.74, 6) is -2.34. The Morgan fingerprint density at radius 2 is 1.90 bits per heavy atom. The van der Waals surface area contributed by atoms with E-state index in [1.54, 1.807) is 24.0 Å². The number of piperidine rings is 1. The second-order valence-corrected chi connectivity index (χ2v) is 5.08. The molecular formula is C14H16F3NO2. The first-order valence-corrected chi connectivity index (χ1v) is 6.45. The monoisotopic (exact) mass is 287 g/mol. The van der Waals surface area contributed by atoms with E-state index < -0.39 is 18.1 Å². The number of halogens is 3. The molecule has 0 radical (unpaired) electrons. The molecule has 20 heavy (non-hydrogen) atoms. The van der Waals surface area contributed by atoms with Crippen LogP contribution in [-0.4, -0.2) is 30.3 Å². The predicted octanol–water partition coefficient (Wildman–Crippen LogP) is 3.47. The highest BCUT2D eigenvalue weighted by Crippen LogP contribution is 2.36. The maximum absolute atomic E-state index is 12.6. The van der Waals surface area contributed by atoms with Crippen LogP contribution in [0.2, 0.25) is 0 Å². The summed E-state index contributed by atoms with van der Waals surface area (Å²) in [5.41, 5.74) is 1.46. The van der Waals surface area contributed by atoms with Gasteiger partial charge in [-0.1, -0.05) is 12.1 Å². The molecule has 110 valence electrons. The number of hydrogen-bond donors (Lipinski definition) is 1. The van der Waals surface area contributed by atoms with Gasteiger partial charge in [0.15, 0.2) is 0 Å². The van der Waals surface area contributed by atoms with Gasteiger partial charge in [-0.25, -0.2) is 4.79 Å². The van der Waals surface area contributed by atoms with Crippen molar-refractivity contribution in [1.82, 2.24) is 0 Å². The number of nitrogens with zero attached hydrogens (tertiary/aromatic N) is 1. The first-order valence-electron chi connectivity index (χ1n) is 6.45. The molecule has 0 aromatic heterocycles. The summed E-state index contributed by atoms with van der Waals surface area (Å²) in [4.78, 5) is 13.0. The van der Waals surface area contributed by atoms with E-state index in [9.17, 15) is 23.1 Å². The lowest BCUT2D eigenvalue weighted by Gasteiger charge is -2.35. The lowest BCUT2D eigenvalue weighted by molar-refractivity contribution is -0.179. The number of rotatable bonds is 2. The second kappa shape index (κ2) is 5.34. The number of carbonyl (C=O) groups is 1.